The summed E-state index contributed by atoms with van der Waals surface area (Å²) in [7, 11) is 0. The molecule has 2 heterocycles. The molecular weight excluding hydrogens is 485 g/mol. The number of likely N-dealkylation sites (tertiary alicyclic amines) is 1. The Bertz CT molecular complexity index is 1330. The third-order valence-corrected chi connectivity index (χ3v) is 6.27. The molecule has 3 atom stereocenters. The minimum absolute atomic E-state index is 0.0588. The summed E-state index contributed by atoms with van der Waals surface area (Å²) in [5, 5.41) is 20.7. The highest BCUT2D eigenvalue weighted by atomic mass is 19.4. The van der Waals surface area contributed by atoms with Crippen LogP contribution in [0, 0.1) is 5.92 Å². The Kier molecular flexibility index (Phi) is 5.99. The lowest BCUT2D eigenvalue weighted by atomic mass is 9.87. The molecule has 0 radical (unpaired) electrons. The largest absolute Gasteiger partial charge is 0.481 e. The number of primary amides is 1. The lowest BCUT2D eigenvalue weighted by Crippen LogP contribution is -2.55. The van der Waals surface area contributed by atoms with Crippen LogP contribution in [0.1, 0.15) is 40.6 Å². The normalized spacial score (nSPS) is 22.0. The number of carboxylic acid groups (broad SMARTS) is 2. The fraction of sp³-hybridized carbons (Fsp3) is 0.250. The fourth-order valence-corrected chi connectivity index (χ4v) is 4.69. The second-order valence-electron chi connectivity index (χ2n) is 8.51. The van der Waals surface area contributed by atoms with Gasteiger partial charge >= 0.3 is 18.1 Å². The number of para-hydroxylation sites is 1. The van der Waals surface area contributed by atoms with Gasteiger partial charge in [0, 0.05) is 10.9 Å². The maximum absolute atomic E-state index is 13.7. The number of fused-ring (bicyclic) bond motifs is 1. The number of halogens is 3. The van der Waals surface area contributed by atoms with Gasteiger partial charge in [-0.3, -0.25) is 14.4 Å². The number of alkyl halides is 3. The minimum atomic E-state index is -4.68. The average molecular weight is 504 g/mol. The zero-order chi connectivity index (χ0) is 26.4. The van der Waals surface area contributed by atoms with Crippen LogP contribution in [0.2, 0.25) is 0 Å². The van der Waals surface area contributed by atoms with E-state index in [9.17, 15) is 42.6 Å². The molecular formula is C24H19F3N2O7. The molecule has 4 rings (SSSR count). The van der Waals surface area contributed by atoms with Crippen molar-refractivity contribution in [3.05, 3.63) is 71.5 Å². The van der Waals surface area contributed by atoms with Crippen LogP contribution < -0.4 is 5.73 Å². The number of carboxylic acids is 2. The molecule has 3 aromatic rings. The van der Waals surface area contributed by atoms with E-state index in [2.05, 4.69) is 0 Å². The predicted octanol–water partition coefficient (Wildman–Crippen LogP) is 3.44. The summed E-state index contributed by atoms with van der Waals surface area (Å²) < 4.78 is 44.8. The van der Waals surface area contributed by atoms with Gasteiger partial charge in [-0.1, -0.05) is 18.2 Å². The molecule has 1 aromatic heterocycles. The number of amides is 2. The highest BCUT2D eigenvalue weighted by Crippen LogP contribution is 2.50. The first-order valence-corrected chi connectivity index (χ1v) is 10.6. The first-order valence-electron chi connectivity index (χ1n) is 10.6. The van der Waals surface area contributed by atoms with Crippen LogP contribution in [-0.2, 0) is 20.6 Å². The Balaban J connectivity index is 1.92. The summed E-state index contributed by atoms with van der Waals surface area (Å²) in [4.78, 5) is 51.1. The number of nitrogens with two attached hydrogens (primary N) is 1. The van der Waals surface area contributed by atoms with Gasteiger partial charge in [-0.2, -0.15) is 13.2 Å². The predicted molar refractivity (Wildman–Crippen MR) is 116 cm³/mol. The van der Waals surface area contributed by atoms with Crippen LogP contribution in [0.5, 0.6) is 0 Å². The molecule has 0 bridgehead atoms. The number of nitrogens with zero attached hydrogens (tertiary/aromatic N) is 1. The molecule has 2 aromatic carbocycles. The zero-order valence-corrected chi connectivity index (χ0v) is 18.4. The number of benzene rings is 2. The zero-order valence-electron chi connectivity index (χ0n) is 18.4. The van der Waals surface area contributed by atoms with Crippen molar-refractivity contribution in [1.29, 1.82) is 0 Å². The molecule has 3 unspecified atom stereocenters. The summed E-state index contributed by atoms with van der Waals surface area (Å²) >= 11 is 0. The number of hydrogen-bond donors (Lipinski definition) is 3. The van der Waals surface area contributed by atoms with Gasteiger partial charge in [-0.15, -0.1) is 0 Å². The molecule has 9 nitrogen and oxygen atoms in total. The van der Waals surface area contributed by atoms with Crippen molar-refractivity contribution in [2.75, 3.05) is 0 Å². The maximum Gasteiger partial charge on any atom is 0.416 e. The second kappa shape index (κ2) is 8.70. The molecule has 0 saturated carbocycles. The van der Waals surface area contributed by atoms with Crippen LogP contribution >= 0.6 is 0 Å². The lowest BCUT2D eigenvalue weighted by molar-refractivity contribution is -0.151. The monoisotopic (exact) mass is 504 g/mol. The van der Waals surface area contributed by atoms with E-state index in [0.29, 0.717) is 28.0 Å². The van der Waals surface area contributed by atoms with Crippen molar-refractivity contribution >= 4 is 34.7 Å². The van der Waals surface area contributed by atoms with Gasteiger partial charge in [-0.25, -0.2) is 4.79 Å². The third-order valence-electron chi connectivity index (χ3n) is 6.27. The second-order valence-corrected chi connectivity index (χ2v) is 8.51. The van der Waals surface area contributed by atoms with Crippen molar-refractivity contribution in [2.24, 2.45) is 11.7 Å². The average Bonchev–Trinajstić information content (AvgIpc) is 3.37. The van der Waals surface area contributed by atoms with Gasteiger partial charge < -0.3 is 25.3 Å². The summed E-state index contributed by atoms with van der Waals surface area (Å²) in [5.74, 6) is -6.95. The summed E-state index contributed by atoms with van der Waals surface area (Å²) in [6.45, 7) is 0. The molecule has 0 spiro atoms. The number of aliphatic carboxylic acids is 2. The van der Waals surface area contributed by atoms with Crippen molar-refractivity contribution in [3.8, 4) is 0 Å². The molecule has 2 amide bonds. The quantitative estimate of drug-likeness (QED) is 0.465. The SMILES string of the molecule is NC(=O)CC1(C(=O)O)CC(C(=O)O)C(c2cc3ccccc3o2)N1C(=O)c1ccc(C(F)(F)F)cc1. The Morgan fingerprint density at radius 1 is 1.06 bits per heavy atom. The molecule has 4 N–H and O–H groups in total. The third kappa shape index (κ3) is 4.14. The Labute approximate surface area is 200 Å². The van der Waals surface area contributed by atoms with E-state index in [0.717, 1.165) is 12.1 Å². The van der Waals surface area contributed by atoms with Crippen LogP contribution in [0.15, 0.2) is 59.0 Å². The van der Waals surface area contributed by atoms with E-state index in [1.54, 1.807) is 24.3 Å². The molecule has 1 aliphatic rings. The molecule has 0 aliphatic carbocycles. The van der Waals surface area contributed by atoms with Gasteiger partial charge in [0.05, 0.1) is 17.9 Å². The van der Waals surface area contributed by atoms with Crippen molar-refractivity contribution in [2.45, 2.75) is 30.6 Å². The number of furan rings is 1. The number of hydrogen-bond acceptors (Lipinski definition) is 5. The van der Waals surface area contributed by atoms with Crippen molar-refractivity contribution < 1.29 is 47.0 Å². The fourth-order valence-electron chi connectivity index (χ4n) is 4.69. The molecule has 1 aliphatic heterocycles. The topological polar surface area (TPSA) is 151 Å². The van der Waals surface area contributed by atoms with Gasteiger partial charge in [-0.05, 0) is 42.8 Å². The lowest BCUT2D eigenvalue weighted by Gasteiger charge is -2.36. The van der Waals surface area contributed by atoms with E-state index in [1.807, 2.05) is 0 Å². The standard InChI is InChI=1S/C24H19F3N2O7/c25-24(26,27)14-7-5-12(6-8-14)20(31)29-19(17-9-13-3-1-2-4-16(13)36-17)15(21(32)33)10-23(29,22(34)35)11-18(28)30/h1-9,15,19H,10-11H2,(H2,28,30)(H,32,33)(H,34,35). The van der Waals surface area contributed by atoms with Gasteiger partial charge in [0.15, 0.2) is 5.54 Å². The summed E-state index contributed by atoms with van der Waals surface area (Å²) in [6.07, 6.45) is -6.29. The molecule has 1 saturated heterocycles. The summed E-state index contributed by atoms with van der Waals surface area (Å²) in [6, 6.07) is 9.52. The van der Waals surface area contributed by atoms with E-state index in [-0.39, 0.29) is 11.3 Å². The molecule has 188 valence electrons. The van der Waals surface area contributed by atoms with Crippen molar-refractivity contribution in [1.82, 2.24) is 4.90 Å². The summed E-state index contributed by atoms with van der Waals surface area (Å²) in [5.41, 5.74) is 1.85. The smallest absolute Gasteiger partial charge is 0.416 e. The van der Waals surface area contributed by atoms with E-state index >= 15 is 0 Å². The van der Waals surface area contributed by atoms with Gasteiger partial charge in [0.1, 0.15) is 17.4 Å². The highest BCUT2D eigenvalue weighted by molar-refractivity contribution is 6.01. The maximum atomic E-state index is 13.7. The van der Waals surface area contributed by atoms with E-state index in [4.69, 9.17) is 10.2 Å². The first kappa shape index (κ1) is 24.8. The Hall–Kier alpha value is -4.35. The van der Waals surface area contributed by atoms with Crippen LogP contribution in [0.4, 0.5) is 13.2 Å². The highest BCUT2D eigenvalue weighted by Gasteiger charge is 2.62. The Morgan fingerprint density at radius 2 is 1.69 bits per heavy atom. The van der Waals surface area contributed by atoms with Crippen molar-refractivity contribution in [3.63, 3.8) is 0 Å². The van der Waals surface area contributed by atoms with Gasteiger partial charge in [0.25, 0.3) is 5.91 Å². The number of rotatable bonds is 6. The first-order chi connectivity index (χ1) is 16.8. The van der Waals surface area contributed by atoms with Crippen LogP contribution in [0.3, 0.4) is 0 Å². The molecule has 36 heavy (non-hydrogen) atoms. The molecule has 12 heteroatoms. The van der Waals surface area contributed by atoms with Gasteiger partial charge in [0.2, 0.25) is 5.91 Å². The van der Waals surface area contributed by atoms with E-state index < -0.39 is 65.8 Å². The Morgan fingerprint density at radius 3 is 2.22 bits per heavy atom. The number of carbonyl (C=O) groups is 4. The number of carbonyl (C=O) groups excluding carboxylic acids is 2. The minimum Gasteiger partial charge on any atom is -0.481 e. The van der Waals surface area contributed by atoms with E-state index in [1.165, 1.54) is 6.07 Å². The van der Waals surface area contributed by atoms with Crippen LogP contribution in [-0.4, -0.2) is 44.4 Å². The van der Waals surface area contributed by atoms with Crippen LogP contribution in [0.25, 0.3) is 11.0 Å². The molecule has 1 fully saturated rings.